The number of fused-ring (bicyclic) bond motifs is 3. The summed E-state index contributed by atoms with van der Waals surface area (Å²) in [7, 11) is 0. The number of ether oxygens (including phenoxy) is 3. The fourth-order valence-electron chi connectivity index (χ4n) is 9.35. The summed E-state index contributed by atoms with van der Waals surface area (Å²) in [6.45, 7) is 9.47. The third-order valence-electron chi connectivity index (χ3n) is 11.1. The highest BCUT2D eigenvalue weighted by molar-refractivity contribution is 5.71. The van der Waals surface area contributed by atoms with Crippen LogP contribution < -0.4 is 0 Å². The zero-order valence-electron chi connectivity index (χ0n) is 23.8. The van der Waals surface area contributed by atoms with Crippen LogP contribution >= 0.6 is 0 Å². The molecule has 5 aliphatic rings. The monoisotopic (exact) mass is 566 g/mol. The van der Waals surface area contributed by atoms with E-state index in [1.54, 1.807) is 0 Å². The first-order chi connectivity index (χ1) is 18.8. The molecule has 1 saturated heterocycles. The predicted octanol–water partition coefficient (Wildman–Crippen LogP) is 2.01. The summed E-state index contributed by atoms with van der Waals surface area (Å²) < 4.78 is 17.8. The molecule has 0 aromatic rings. The quantitative estimate of drug-likeness (QED) is 0.175. The average molecular weight is 567 g/mol. The van der Waals surface area contributed by atoms with Crippen molar-refractivity contribution in [2.24, 2.45) is 40.4 Å². The number of aliphatic carboxylic acids is 1. The van der Waals surface area contributed by atoms with Crippen LogP contribution in [0.3, 0.4) is 0 Å². The first-order valence-corrected chi connectivity index (χ1v) is 14.9. The standard InChI is InChI=1S/C30H46O10/c1-14(2)9-22(32)40-25-24(34)23(33)20(13-31)39-28(25)38-17-10-18(27(36)37)19-7-8-30-11-16(15(3)26(30)35)5-6-21(30)29(19,4)12-17/h14,16-21,23-26,28,31,33-35H,3,5-13H2,1-2,4H3,(H,36,37)/t16-,17-,18-,19-,20-,21+,23-,24+,25-,26+,28-,29-,30-/m1/s1. The molecule has 13 atom stereocenters. The van der Waals surface area contributed by atoms with Gasteiger partial charge >= 0.3 is 11.9 Å². The number of aliphatic hydroxyl groups is 4. The maximum Gasteiger partial charge on any atom is 0.306 e. The summed E-state index contributed by atoms with van der Waals surface area (Å²) in [6, 6.07) is 0. The summed E-state index contributed by atoms with van der Waals surface area (Å²) in [6.07, 6.45) is -3.01. The SMILES string of the molecule is C=C1[C@@H]2CC[C@H]3[C@]4(C)C[C@H](O[C@@H]5O[C@H](CO)[C@@H](O)[C@H](O)[C@H]5OC(=O)CC(C)C)C[C@@H](C(=O)O)[C@H]4CC[C@]3(C2)[C@H]1O. The number of aliphatic hydroxyl groups excluding tert-OH is 4. The molecule has 1 heterocycles. The van der Waals surface area contributed by atoms with E-state index in [1.165, 1.54) is 0 Å². The molecule has 0 radical (unpaired) electrons. The molecule has 226 valence electrons. The molecule has 5 fully saturated rings. The predicted molar refractivity (Wildman–Crippen MR) is 142 cm³/mol. The van der Waals surface area contributed by atoms with Gasteiger partial charge in [-0.1, -0.05) is 27.4 Å². The Balaban J connectivity index is 1.42. The third kappa shape index (κ3) is 4.82. The van der Waals surface area contributed by atoms with Crippen LogP contribution in [0.25, 0.3) is 0 Å². The largest absolute Gasteiger partial charge is 0.481 e. The van der Waals surface area contributed by atoms with E-state index in [1.807, 2.05) is 13.8 Å². The van der Waals surface area contributed by atoms with Gasteiger partial charge < -0.3 is 39.7 Å². The molecule has 0 aromatic carbocycles. The maximum absolute atomic E-state index is 12.6. The smallest absolute Gasteiger partial charge is 0.306 e. The Bertz CT molecular complexity index is 999. The molecule has 40 heavy (non-hydrogen) atoms. The molecule has 0 aromatic heterocycles. The van der Waals surface area contributed by atoms with E-state index in [0.29, 0.717) is 18.8 Å². The molecule has 4 aliphatic carbocycles. The van der Waals surface area contributed by atoms with Gasteiger partial charge in [0.1, 0.15) is 18.3 Å². The highest BCUT2D eigenvalue weighted by atomic mass is 16.7. The van der Waals surface area contributed by atoms with Gasteiger partial charge in [-0.2, -0.15) is 0 Å². The van der Waals surface area contributed by atoms with Gasteiger partial charge in [0.05, 0.1) is 24.7 Å². The van der Waals surface area contributed by atoms with Gasteiger partial charge in [-0.3, -0.25) is 9.59 Å². The molecule has 10 nitrogen and oxygen atoms in total. The zero-order chi connectivity index (χ0) is 29.1. The summed E-state index contributed by atoms with van der Waals surface area (Å²) in [5, 5.41) is 52.8. The Morgan fingerprint density at radius 2 is 1.85 bits per heavy atom. The molecule has 10 heteroatoms. The number of hydrogen-bond acceptors (Lipinski definition) is 9. The van der Waals surface area contributed by atoms with Crippen LogP contribution in [-0.2, 0) is 23.8 Å². The molecule has 0 unspecified atom stereocenters. The van der Waals surface area contributed by atoms with Crippen molar-refractivity contribution < 1.29 is 49.3 Å². The number of carbonyl (C=O) groups is 2. The van der Waals surface area contributed by atoms with Gasteiger partial charge in [0.2, 0.25) is 0 Å². The number of carboxylic acids is 1. The van der Waals surface area contributed by atoms with Crippen LogP contribution in [0.2, 0.25) is 0 Å². The first kappa shape index (κ1) is 29.9. The minimum atomic E-state index is -1.55. The summed E-state index contributed by atoms with van der Waals surface area (Å²) in [5.74, 6) is -1.81. The van der Waals surface area contributed by atoms with Crippen molar-refractivity contribution in [2.45, 2.75) is 115 Å². The van der Waals surface area contributed by atoms with Crippen molar-refractivity contribution >= 4 is 11.9 Å². The lowest BCUT2D eigenvalue weighted by atomic mass is 9.43. The fourth-order valence-corrected chi connectivity index (χ4v) is 9.35. The van der Waals surface area contributed by atoms with Crippen LogP contribution in [0.1, 0.15) is 72.1 Å². The van der Waals surface area contributed by atoms with E-state index >= 15 is 0 Å². The highest BCUT2D eigenvalue weighted by Crippen LogP contribution is 2.70. The number of esters is 1. The average Bonchev–Trinajstić information content (AvgIpc) is 3.06. The number of hydrogen-bond donors (Lipinski definition) is 5. The number of carbonyl (C=O) groups excluding carboxylic acids is 1. The molecule has 5 rings (SSSR count). The van der Waals surface area contributed by atoms with Crippen molar-refractivity contribution in [1.29, 1.82) is 0 Å². The van der Waals surface area contributed by atoms with E-state index in [2.05, 4.69) is 13.5 Å². The second kappa shape index (κ2) is 10.9. The lowest BCUT2D eigenvalue weighted by molar-refractivity contribution is -0.322. The van der Waals surface area contributed by atoms with Crippen LogP contribution in [0.5, 0.6) is 0 Å². The first-order valence-electron chi connectivity index (χ1n) is 14.9. The van der Waals surface area contributed by atoms with E-state index in [4.69, 9.17) is 14.2 Å². The van der Waals surface area contributed by atoms with Crippen LogP contribution in [-0.4, -0.2) is 87.0 Å². The zero-order valence-corrected chi connectivity index (χ0v) is 23.8. The van der Waals surface area contributed by atoms with Gasteiger partial charge in [-0.15, -0.1) is 0 Å². The third-order valence-corrected chi connectivity index (χ3v) is 11.1. The van der Waals surface area contributed by atoms with Crippen molar-refractivity contribution in [2.75, 3.05) is 6.61 Å². The Morgan fingerprint density at radius 3 is 2.50 bits per heavy atom. The van der Waals surface area contributed by atoms with Gasteiger partial charge in [0.15, 0.2) is 12.4 Å². The molecular formula is C30H46O10. The van der Waals surface area contributed by atoms with Crippen molar-refractivity contribution in [3.8, 4) is 0 Å². The van der Waals surface area contributed by atoms with E-state index in [0.717, 1.165) is 31.3 Å². The fraction of sp³-hybridized carbons (Fsp3) is 0.867. The molecule has 2 bridgehead atoms. The van der Waals surface area contributed by atoms with Crippen molar-refractivity contribution in [3.05, 3.63) is 12.2 Å². The van der Waals surface area contributed by atoms with Crippen LogP contribution in [0.4, 0.5) is 0 Å². The Morgan fingerprint density at radius 1 is 1.12 bits per heavy atom. The topological polar surface area (TPSA) is 163 Å². The van der Waals surface area contributed by atoms with Crippen molar-refractivity contribution in [1.82, 2.24) is 0 Å². The summed E-state index contributed by atoms with van der Waals surface area (Å²) in [5.41, 5.74) is 0.162. The lowest BCUT2D eigenvalue weighted by Crippen LogP contribution is -2.62. The number of rotatable bonds is 7. The number of carboxylic acid groups (broad SMARTS) is 1. The Labute approximate surface area is 235 Å². The van der Waals surface area contributed by atoms with Gasteiger partial charge in [-0.25, -0.2) is 0 Å². The molecule has 1 spiro atoms. The molecule has 5 N–H and O–H groups in total. The molecule has 0 amide bonds. The van der Waals surface area contributed by atoms with Crippen molar-refractivity contribution in [3.63, 3.8) is 0 Å². The Hall–Kier alpha value is -1.56. The highest BCUT2D eigenvalue weighted by Gasteiger charge is 2.67. The van der Waals surface area contributed by atoms with E-state index in [9.17, 15) is 35.1 Å². The summed E-state index contributed by atoms with van der Waals surface area (Å²) in [4.78, 5) is 25.1. The minimum absolute atomic E-state index is 0.00548. The minimum Gasteiger partial charge on any atom is -0.481 e. The molecular weight excluding hydrogens is 520 g/mol. The Kier molecular flexibility index (Phi) is 8.18. The second-order valence-electron chi connectivity index (χ2n) is 13.8. The lowest BCUT2D eigenvalue weighted by Gasteiger charge is -2.62. The molecule has 4 saturated carbocycles. The maximum atomic E-state index is 12.6. The van der Waals surface area contributed by atoms with Gasteiger partial charge in [0.25, 0.3) is 0 Å². The van der Waals surface area contributed by atoms with E-state index < -0.39 is 72.8 Å². The van der Waals surface area contributed by atoms with E-state index in [-0.39, 0.29) is 36.0 Å². The van der Waals surface area contributed by atoms with Crippen LogP contribution in [0.15, 0.2) is 12.2 Å². The van der Waals surface area contributed by atoms with Crippen LogP contribution in [0, 0.1) is 40.4 Å². The second-order valence-corrected chi connectivity index (χ2v) is 13.8. The van der Waals surface area contributed by atoms with Gasteiger partial charge in [0, 0.05) is 11.8 Å². The summed E-state index contributed by atoms with van der Waals surface area (Å²) >= 11 is 0. The van der Waals surface area contributed by atoms with Gasteiger partial charge in [-0.05, 0) is 79.6 Å². The molecule has 1 aliphatic heterocycles. The normalized spacial score (nSPS) is 48.4.